The molecule has 1 aromatic heterocycles. The summed E-state index contributed by atoms with van der Waals surface area (Å²) in [5, 5.41) is 6.69. The van der Waals surface area contributed by atoms with Crippen LogP contribution in [0.25, 0.3) is 11.5 Å². The Labute approximate surface area is 152 Å². The second-order valence-electron chi connectivity index (χ2n) is 5.46. The molecule has 27 heavy (non-hydrogen) atoms. The molecule has 1 amide bonds. The third-order valence-corrected chi connectivity index (χ3v) is 3.79. The second kappa shape index (κ2) is 7.90. The van der Waals surface area contributed by atoms with Crippen molar-refractivity contribution >= 4 is 12.1 Å². The van der Waals surface area contributed by atoms with Crippen LogP contribution < -0.4 is 9.64 Å². The number of benzene rings is 2. The lowest BCUT2D eigenvalue weighted by Crippen LogP contribution is -2.21. The highest BCUT2D eigenvalue weighted by Crippen LogP contribution is 2.29. The first-order chi connectivity index (χ1) is 13.0. The number of hydrogen-bond donors (Lipinski definition) is 0. The molecule has 0 bridgehead atoms. The number of alkyl halides is 2. The van der Waals surface area contributed by atoms with E-state index >= 15 is 0 Å². The number of hydrogen-bond acceptors (Lipinski definition) is 5. The third-order valence-electron chi connectivity index (χ3n) is 3.79. The number of rotatable bonds is 7. The van der Waals surface area contributed by atoms with E-state index in [-0.39, 0.29) is 23.6 Å². The van der Waals surface area contributed by atoms with E-state index in [9.17, 15) is 18.0 Å². The summed E-state index contributed by atoms with van der Waals surface area (Å²) in [6.07, 6.45) is -2.34. The Morgan fingerprint density at radius 3 is 2.63 bits per heavy atom. The Balaban J connectivity index is 1.85. The highest BCUT2D eigenvalue weighted by Gasteiger charge is 2.19. The van der Waals surface area contributed by atoms with Gasteiger partial charge in [-0.3, -0.25) is 4.79 Å². The Morgan fingerprint density at radius 2 is 2.00 bits per heavy atom. The summed E-state index contributed by atoms with van der Waals surface area (Å²) in [6, 6.07) is 10.8. The van der Waals surface area contributed by atoms with Gasteiger partial charge in [-0.05, 0) is 24.3 Å². The number of methoxy groups -OCH3 is 1. The van der Waals surface area contributed by atoms with Crippen molar-refractivity contribution in [1.82, 2.24) is 10.2 Å². The van der Waals surface area contributed by atoms with Gasteiger partial charge in [-0.1, -0.05) is 18.2 Å². The molecular weight excluding hydrogens is 363 g/mol. The van der Waals surface area contributed by atoms with Gasteiger partial charge in [-0.2, -0.15) is 8.78 Å². The van der Waals surface area contributed by atoms with E-state index in [4.69, 9.17) is 9.15 Å². The third kappa shape index (κ3) is 3.91. The van der Waals surface area contributed by atoms with Gasteiger partial charge in [0.2, 0.25) is 12.3 Å². The standard InChI is InChI=1S/C18H14F3N3O3/c1-26-15-5-3-2-4-14(15)24(10-25)9-12-7-6-11(8-13(12)19)17-22-23-18(27-17)16(20)21/h2-8,10,16H,9H2,1H3. The van der Waals surface area contributed by atoms with E-state index in [0.717, 1.165) is 6.07 Å². The minimum atomic E-state index is -2.91. The first-order valence-electron chi connectivity index (χ1n) is 7.78. The van der Waals surface area contributed by atoms with Crippen LogP contribution in [0.1, 0.15) is 17.9 Å². The topological polar surface area (TPSA) is 68.5 Å². The zero-order valence-electron chi connectivity index (χ0n) is 14.1. The predicted molar refractivity (Wildman–Crippen MR) is 89.9 cm³/mol. The van der Waals surface area contributed by atoms with Crippen LogP contribution in [0.2, 0.25) is 0 Å². The molecule has 0 aliphatic rings. The van der Waals surface area contributed by atoms with E-state index in [1.807, 2.05) is 0 Å². The van der Waals surface area contributed by atoms with Crippen LogP contribution in [0.3, 0.4) is 0 Å². The highest BCUT2D eigenvalue weighted by molar-refractivity contribution is 5.78. The Hall–Kier alpha value is -3.36. The lowest BCUT2D eigenvalue weighted by atomic mass is 10.1. The number of aromatic nitrogens is 2. The molecule has 1 heterocycles. The first kappa shape index (κ1) is 18.4. The van der Waals surface area contributed by atoms with Crippen LogP contribution in [0.5, 0.6) is 5.75 Å². The molecule has 0 N–H and O–H groups in total. The predicted octanol–water partition coefficient (Wildman–Crippen LogP) is 3.98. The lowest BCUT2D eigenvalue weighted by molar-refractivity contribution is -0.107. The van der Waals surface area contributed by atoms with E-state index in [0.29, 0.717) is 17.8 Å². The Morgan fingerprint density at radius 1 is 1.22 bits per heavy atom. The fraction of sp³-hybridized carbons (Fsp3) is 0.167. The number of nitrogens with zero attached hydrogens (tertiary/aromatic N) is 3. The minimum Gasteiger partial charge on any atom is -0.495 e. The smallest absolute Gasteiger partial charge is 0.314 e. The fourth-order valence-corrected chi connectivity index (χ4v) is 2.48. The molecule has 9 heteroatoms. The van der Waals surface area contributed by atoms with Gasteiger partial charge in [0.15, 0.2) is 0 Å². The molecule has 3 aromatic rings. The Kier molecular flexibility index (Phi) is 5.39. The van der Waals surface area contributed by atoms with Crippen molar-refractivity contribution in [1.29, 1.82) is 0 Å². The summed E-state index contributed by atoms with van der Waals surface area (Å²) in [5.41, 5.74) is 0.855. The first-order valence-corrected chi connectivity index (χ1v) is 7.78. The second-order valence-corrected chi connectivity index (χ2v) is 5.46. The molecule has 6 nitrogen and oxygen atoms in total. The van der Waals surface area contributed by atoms with Gasteiger partial charge in [-0.25, -0.2) is 4.39 Å². The number of carbonyl (C=O) groups is 1. The van der Waals surface area contributed by atoms with Crippen molar-refractivity contribution in [2.45, 2.75) is 13.0 Å². The number of halogens is 3. The van der Waals surface area contributed by atoms with E-state index in [2.05, 4.69) is 10.2 Å². The summed E-state index contributed by atoms with van der Waals surface area (Å²) in [4.78, 5) is 12.8. The van der Waals surface area contributed by atoms with Crippen LogP contribution in [-0.2, 0) is 11.3 Å². The van der Waals surface area contributed by atoms with Crippen LogP contribution in [-0.4, -0.2) is 23.7 Å². The minimum absolute atomic E-state index is 0.0535. The number of carbonyl (C=O) groups excluding carboxylic acids is 1. The molecule has 0 radical (unpaired) electrons. The molecule has 0 saturated heterocycles. The SMILES string of the molecule is COc1ccccc1N(C=O)Cc1ccc(-c2nnc(C(F)F)o2)cc1F. The lowest BCUT2D eigenvalue weighted by Gasteiger charge is -2.20. The highest BCUT2D eigenvalue weighted by atomic mass is 19.3. The number of amides is 1. The van der Waals surface area contributed by atoms with Crippen molar-refractivity contribution in [3.8, 4) is 17.2 Å². The zero-order valence-corrected chi connectivity index (χ0v) is 14.1. The summed E-state index contributed by atoms with van der Waals surface area (Å²) in [5.74, 6) is -1.23. The van der Waals surface area contributed by atoms with E-state index in [1.54, 1.807) is 24.3 Å². The molecule has 2 aromatic carbocycles. The Bertz CT molecular complexity index is 946. The average Bonchev–Trinajstić information content (AvgIpc) is 3.17. The van der Waals surface area contributed by atoms with Gasteiger partial charge >= 0.3 is 6.43 Å². The summed E-state index contributed by atoms with van der Waals surface area (Å²) in [6.45, 7) is -0.0535. The quantitative estimate of drug-likeness (QED) is 0.583. The average molecular weight is 377 g/mol. The summed E-state index contributed by atoms with van der Waals surface area (Å²) >= 11 is 0. The molecular formula is C18H14F3N3O3. The number of para-hydroxylation sites is 2. The van der Waals surface area contributed by atoms with Gasteiger partial charge in [0, 0.05) is 11.1 Å². The summed E-state index contributed by atoms with van der Waals surface area (Å²) < 4.78 is 49.6. The fourth-order valence-electron chi connectivity index (χ4n) is 2.48. The molecule has 0 fully saturated rings. The van der Waals surface area contributed by atoms with E-state index in [1.165, 1.54) is 24.1 Å². The van der Waals surface area contributed by atoms with Gasteiger partial charge in [-0.15, -0.1) is 10.2 Å². The maximum absolute atomic E-state index is 14.5. The molecule has 140 valence electrons. The van der Waals surface area contributed by atoms with Crippen LogP contribution in [0.4, 0.5) is 18.9 Å². The number of ether oxygens (including phenoxy) is 1. The maximum atomic E-state index is 14.5. The van der Waals surface area contributed by atoms with Crippen molar-refractivity contribution in [2.75, 3.05) is 12.0 Å². The zero-order chi connectivity index (χ0) is 19.4. The van der Waals surface area contributed by atoms with Crippen molar-refractivity contribution in [2.24, 2.45) is 0 Å². The van der Waals surface area contributed by atoms with Crippen LogP contribution in [0.15, 0.2) is 46.9 Å². The molecule has 0 aliphatic carbocycles. The van der Waals surface area contributed by atoms with Crippen molar-refractivity contribution in [3.05, 3.63) is 59.7 Å². The molecule has 0 spiro atoms. The van der Waals surface area contributed by atoms with Crippen LogP contribution >= 0.6 is 0 Å². The summed E-state index contributed by atoms with van der Waals surface area (Å²) in [7, 11) is 1.47. The van der Waals surface area contributed by atoms with Gasteiger partial charge in [0.25, 0.3) is 5.89 Å². The van der Waals surface area contributed by atoms with Crippen molar-refractivity contribution in [3.63, 3.8) is 0 Å². The van der Waals surface area contributed by atoms with Crippen molar-refractivity contribution < 1.29 is 27.1 Å². The molecule has 3 rings (SSSR count). The largest absolute Gasteiger partial charge is 0.495 e. The normalized spacial score (nSPS) is 10.9. The molecule has 0 atom stereocenters. The number of anilines is 1. The van der Waals surface area contributed by atoms with Gasteiger partial charge in [0.05, 0.1) is 19.3 Å². The van der Waals surface area contributed by atoms with Gasteiger partial charge < -0.3 is 14.1 Å². The molecule has 0 aliphatic heterocycles. The van der Waals surface area contributed by atoms with E-state index < -0.39 is 18.1 Å². The maximum Gasteiger partial charge on any atom is 0.314 e. The molecule has 0 saturated carbocycles. The van der Waals surface area contributed by atoms with Gasteiger partial charge in [0.1, 0.15) is 11.6 Å². The molecule has 0 unspecified atom stereocenters. The van der Waals surface area contributed by atoms with Crippen LogP contribution in [0, 0.1) is 5.82 Å². The monoisotopic (exact) mass is 377 g/mol.